The number of rotatable bonds is 7. The van der Waals surface area contributed by atoms with Crippen molar-refractivity contribution >= 4 is 17.4 Å². The number of Topliss-reactive ketones (excluding diaryl/α,β-unsaturated/α-hetero) is 1. The van der Waals surface area contributed by atoms with Gasteiger partial charge in [0, 0.05) is 12.1 Å². The van der Waals surface area contributed by atoms with Gasteiger partial charge in [-0.2, -0.15) is 0 Å². The standard InChI is InChI=1S/C22H21NO6/c1-2-13-29-17-9-5-15(6-10-17)20(26)18-19(14-3-7-16(25)8-4-14)23(11-12-24)22(28)21(18)27/h2-10,19,24-26H,1,11-13H2/t19-/m1/s1. The first kappa shape index (κ1) is 20.2. The first-order chi connectivity index (χ1) is 14.0. The minimum Gasteiger partial charge on any atom is -0.508 e. The van der Waals surface area contributed by atoms with E-state index in [0.29, 0.717) is 23.5 Å². The molecule has 1 atom stereocenters. The van der Waals surface area contributed by atoms with Gasteiger partial charge in [-0.3, -0.25) is 9.59 Å². The van der Waals surface area contributed by atoms with E-state index in [9.17, 15) is 24.9 Å². The lowest BCUT2D eigenvalue weighted by Gasteiger charge is -2.24. The van der Waals surface area contributed by atoms with E-state index in [4.69, 9.17) is 4.74 Å². The molecule has 0 radical (unpaired) electrons. The molecule has 150 valence electrons. The molecular weight excluding hydrogens is 374 g/mol. The molecule has 7 nitrogen and oxygen atoms in total. The quantitative estimate of drug-likeness (QED) is 0.288. The van der Waals surface area contributed by atoms with Crippen LogP contribution in [0.1, 0.15) is 17.2 Å². The Morgan fingerprint density at radius 2 is 1.76 bits per heavy atom. The topological polar surface area (TPSA) is 107 Å². The number of benzene rings is 2. The van der Waals surface area contributed by atoms with Crippen molar-refractivity contribution in [2.45, 2.75) is 6.04 Å². The third-order valence-corrected chi connectivity index (χ3v) is 4.59. The van der Waals surface area contributed by atoms with Crippen LogP contribution in [0.4, 0.5) is 0 Å². The maximum Gasteiger partial charge on any atom is 0.295 e. The van der Waals surface area contributed by atoms with Gasteiger partial charge >= 0.3 is 0 Å². The third kappa shape index (κ3) is 4.00. The average Bonchev–Trinajstić information content (AvgIpc) is 2.98. The fraction of sp³-hybridized carbons (Fsp3) is 0.182. The summed E-state index contributed by atoms with van der Waals surface area (Å²) >= 11 is 0. The maximum atomic E-state index is 12.7. The highest BCUT2D eigenvalue weighted by Crippen LogP contribution is 2.39. The number of aromatic hydroxyl groups is 1. The molecule has 0 spiro atoms. The van der Waals surface area contributed by atoms with E-state index in [1.54, 1.807) is 42.5 Å². The third-order valence-electron chi connectivity index (χ3n) is 4.59. The second-order valence-electron chi connectivity index (χ2n) is 6.43. The number of amides is 1. The first-order valence-electron chi connectivity index (χ1n) is 9.00. The summed E-state index contributed by atoms with van der Waals surface area (Å²) in [5.74, 6) is -1.36. The molecule has 0 bridgehead atoms. The van der Waals surface area contributed by atoms with E-state index in [1.165, 1.54) is 17.0 Å². The highest BCUT2D eigenvalue weighted by atomic mass is 16.5. The molecule has 1 saturated heterocycles. The lowest BCUT2D eigenvalue weighted by atomic mass is 9.95. The van der Waals surface area contributed by atoms with Crippen LogP contribution in [-0.4, -0.2) is 51.7 Å². The molecule has 2 aromatic carbocycles. The molecule has 0 aliphatic carbocycles. The summed E-state index contributed by atoms with van der Waals surface area (Å²) in [7, 11) is 0. The molecule has 0 aromatic heterocycles. The largest absolute Gasteiger partial charge is 0.508 e. The molecule has 1 amide bonds. The molecule has 0 unspecified atom stereocenters. The molecule has 1 fully saturated rings. The summed E-state index contributed by atoms with van der Waals surface area (Å²) in [5, 5.41) is 29.7. The molecule has 1 heterocycles. The van der Waals surface area contributed by atoms with Gasteiger partial charge in [-0.15, -0.1) is 0 Å². The zero-order valence-electron chi connectivity index (χ0n) is 15.6. The Morgan fingerprint density at radius 3 is 2.34 bits per heavy atom. The Morgan fingerprint density at radius 1 is 1.10 bits per heavy atom. The van der Waals surface area contributed by atoms with Gasteiger partial charge in [0.05, 0.1) is 18.2 Å². The van der Waals surface area contributed by atoms with E-state index in [0.717, 1.165) is 0 Å². The van der Waals surface area contributed by atoms with E-state index >= 15 is 0 Å². The summed E-state index contributed by atoms with van der Waals surface area (Å²) in [6, 6.07) is 11.6. The summed E-state index contributed by atoms with van der Waals surface area (Å²) in [6.45, 7) is 3.50. The van der Waals surface area contributed by atoms with Crippen LogP contribution >= 0.6 is 0 Å². The summed E-state index contributed by atoms with van der Waals surface area (Å²) in [4.78, 5) is 26.4. The zero-order chi connectivity index (χ0) is 21.0. The van der Waals surface area contributed by atoms with Crippen molar-refractivity contribution in [3.63, 3.8) is 0 Å². The number of ether oxygens (including phenoxy) is 1. The summed E-state index contributed by atoms with van der Waals surface area (Å²) in [5.41, 5.74) is 0.804. The second kappa shape index (κ2) is 8.62. The van der Waals surface area contributed by atoms with Crippen molar-refractivity contribution in [3.05, 3.63) is 77.9 Å². The SMILES string of the molecule is C=CCOc1ccc(C(O)=C2C(=O)C(=O)N(CCO)[C@@H]2c2ccc(O)cc2)cc1. The van der Waals surface area contributed by atoms with Gasteiger partial charge in [-0.05, 0) is 42.0 Å². The fourth-order valence-electron chi connectivity index (χ4n) is 3.24. The molecule has 3 N–H and O–H groups in total. The first-order valence-corrected chi connectivity index (χ1v) is 9.00. The molecule has 0 saturated carbocycles. The Bertz CT molecular complexity index is 946. The highest BCUT2D eigenvalue weighted by molar-refractivity contribution is 6.46. The van der Waals surface area contributed by atoms with Crippen LogP contribution in [0.5, 0.6) is 11.5 Å². The van der Waals surface area contributed by atoms with Crippen LogP contribution in [0.2, 0.25) is 0 Å². The molecule has 1 aliphatic rings. The van der Waals surface area contributed by atoms with Crippen molar-refractivity contribution in [1.29, 1.82) is 0 Å². The summed E-state index contributed by atoms with van der Waals surface area (Å²) in [6.07, 6.45) is 1.61. The number of aliphatic hydroxyl groups is 2. The number of hydrogen-bond acceptors (Lipinski definition) is 6. The van der Waals surface area contributed by atoms with Crippen LogP contribution in [0.25, 0.3) is 5.76 Å². The van der Waals surface area contributed by atoms with E-state index in [2.05, 4.69) is 6.58 Å². The minimum absolute atomic E-state index is 0.0305. The van der Waals surface area contributed by atoms with Crippen molar-refractivity contribution in [2.24, 2.45) is 0 Å². The van der Waals surface area contributed by atoms with Crippen molar-refractivity contribution in [3.8, 4) is 11.5 Å². The lowest BCUT2D eigenvalue weighted by molar-refractivity contribution is -0.140. The van der Waals surface area contributed by atoms with E-state index in [1.807, 2.05) is 0 Å². The van der Waals surface area contributed by atoms with Crippen LogP contribution in [0.3, 0.4) is 0 Å². The number of β-amino-alcohol motifs (C(OH)–C–C–N with tert-alkyl or cyclic N) is 1. The molecule has 7 heteroatoms. The smallest absolute Gasteiger partial charge is 0.295 e. The second-order valence-corrected chi connectivity index (χ2v) is 6.43. The number of carbonyl (C=O) groups is 2. The van der Waals surface area contributed by atoms with Crippen LogP contribution in [0.15, 0.2) is 66.8 Å². The van der Waals surface area contributed by atoms with E-state index in [-0.39, 0.29) is 30.2 Å². The lowest BCUT2D eigenvalue weighted by Crippen LogP contribution is -2.32. The number of aliphatic hydroxyl groups excluding tert-OH is 2. The maximum absolute atomic E-state index is 12.7. The number of ketones is 1. The predicted molar refractivity (Wildman–Crippen MR) is 106 cm³/mol. The van der Waals surface area contributed by atoms with Crippen molar-refractivity contribution in [1.82, 2.24) is 4.90 Å². The van der Waals surface area contributed by atoms with Gasteiger partial charge < -0.3 is 25.0 Å². The number of phenolic OH excluding ortho intramolecular Hbond substituents is 1. The average molecular weight is 395 g/mol. The molecule has 2 aromatic rings. The number of likely N-dealkylation sites (tertiary alicyclic amines) is 1. The molecular formula is C22H21NO6. The zero-order valence-corrected chi connectivity index (χ0v) is 15.6. The van der Waals surface area contributed by atoms with E-state index < -0.39 is 17.7 Å². The number of nitrogens with zero attached hydrogens (tertiary/aromatic N) is 1. The molecule has 3 rings (SSSR count). The van der Waals surface area contributed by atoms with Gasteiger partial charge in [0.15, 0.2) is 0 Å². The fourth-order valence-corrected chi connectivity index (χ4v) is 3.24. The van der Waals surface area contributed by atoms with Gasteiger partial charge in [0.2, 0.25) is 0 Å². The van der Waals surface area contributed by atoms with Gasteiger partial charge in [-0.25, -0.2) is 0 Å². The minimum atomic E-state index is -0.876. The Kier molecular flexibility index (Phi) is 5.99. The molecule has 1 aliphatic heterocycles. The predicted octanol–water partition coefficient (Wildman–Crippen LogP) is 2.37. The Hall–Kier alpha value is -3.58. The monoisotopic (exact) mass is 395 g/mol. The van der Waals surface area contributed by atoms with Crippen LogP contribution < -0.4 is 4.74 Å². The van der Waals surface area contributed by atoms with Crippen LogP contribution in [-0.2, 0) is 9.59 Å². The number of phenols is 1. The van der Waals surface area contributed by atoms with Crippen molar-refractivity contribution in [2.75, 3.05) is 19.8 Å². The number of hydrogen-bond donors (Lipinski definition) is 3. The van der Waals surface area contributed by atoms with Gasteiger partial charge in [0.25, 0.3) is 11.7 Å². The van der Waals surface area contributed by atoms with Gasteiger partial charge in [0.1, 0.15) is 23.9 Å². The van der Waals surface area contributed by atoms with Crippen molar-refractivity contribution < 1.29 is 29.6 Å². The Labute approximate surface area is 167 Å². The summed E-state index contributed by atoms with van der Waals surface area (Å²) < 4.78 is 5.41. The van der Waals surface area contributed by atoms with Crippen LogP contribution in [0, 0.1) is 0 Å². The number of carbonyl (C=O) groups excluding carboxylic acids is 2. The highest BCUT2D eigenvalue weighted by Gasteiger charge is 2.45. The van der Waals surface area contributed by atoms with Gasteiger partial charge in [-0.1, -0.05) is 24.8 Å². The Balaban J connectivity index is 2.07. The normalized spacial score (nSPS) is 18.1. The molecule has 29 heavy (non-hydrogen) atoms.